The van der Waals surface area contributed by atoms with Gasteiger partial charge in [0.15, 0.2) is 5.82 Å². The van der Waals surface area contributed by atoms with Crippen molar-refractivity contribution in [3.8, 4) is 0 Å². The predicted molar refractivity (Wildman–Crippen MR) is 83.8 cm³/mol. The van der Waals surface area contributed by atoms with Crippen LogP contribution in [0.1, 0.15) is 41.5 Å². The number of likely N-dealkylation sites (tertiary alicyclic amines) is 1. The summed E-state index contributed by atoms with van der Waals surface area (Å²) < 4.78 is 19.3. The molecular weight excluding hydrogens is 321 g/mol. The number of aliphatic hydroxyl groups excluding tert-OH is 1. The molecule has 4 nitrogen and oxygen atoms in total. The third kappa shape index (κ3) is 3.26. The zero-order chi connectivity index (χ0) is 16.4. The monoisotopic (exact) mass is 337 g/mol. The summed E-state index contributed by atoms with van der Waals surface area (Å²) in [7, 11) is 0. The molecule has 1 amide bonds. The first kappa shape index (κ1) is 16.0. The van der Waals surface area contributed by atoms with Gasteiger partial charge in [-0.3, -0.25) is 4.79 Å². The summed E-state index contributed by atoms with van der Waals surface area (Å²) in [5.41, 5.74) is -0.0307. The first-order valence-electron chi connectivity index (χ1n) is 7.54. The lowest BCUT2D eigenvalue weighted by Gasteiger charge is -2.26. The molecule has 23 heavy (non-hydrogen) atoms. The summed E-state index contributed by atoms with van der Waals surface area (Å²) in [5.74, 6) is -0.617. The molecule has 1 aromatic heterocycles. The van der Waals surface area contributed by atoms with Crippen LogP contribution in [0, 0.1) is 5.82 Å². The van der Waals surface area contributed by atoms with Crippen molar-refractivity contribution in [2.75, 3.05) is 6.54 Å². The van der Waals surface area contributed by atoms with Crippen molar-refractivity contribution < 1.29 is 18.7 Å². The Bertz CT molecular complexity index is 689. The Balaban J connectivity index is 1.76. The van der Waals surface area contributed by atoms with Gasteiger partial charge in [0.25, 0.3) is 5.91 Å². The van der Waals surface area contributed by atoms with E-state index in [9.17, 15) is 14.3 Å². The van der Waals surface area contributed by atoms with E-state index in [2.05, 4.69) is 0 Å². The average Bonchev–Trinajstić information content (AvgIpc) is 3.20. The normalized spacial score (nSPS) is 19.1. The molecule has 3 rings (SSSR count). The maximum atomic E-state index is 14.1. The van der Waals surface area contributed by atoms with Gasteiger partial charge < -0.3 is 14.4 Å². The molecule has 2 unspecified atom stereocenters. The highest BCUT2D eigenvalue weighted by atomic mass is 35.5. The van der Waals surface area contributed by atoms with E-state index >= 15 is 0 Å². The fourth-order valence-corrected chi connectivity index (χ4v) is 3.20. The van der Waals surface area contributed by atoms with E-state index in [0.29, 0.717) is 18.7 Å². The smallest absolute Gasteiger partial charge is 0.257 e. The van der Waals surface area contributed by atoms with Crippen molar-refractivity contribution in [2.45, 2.75) is 31.4 Å². The van der Waals surface area contributed by atoms with Crippen molar-refractivity contribution in [1.29, 1.82) is 0 Å². The van der Waals surface area contributed by atoms with Crippen LogP contribution in [0.4, 0.5) is 4.39 Å². The summed E-state index contributed by atoms with van der Waals surface area (Å²) >= 11 is 5.75. The zero-order valence-electron chi connectivity index (χ0n) is 12.4. The summed E-state index contributed by atoms with van der Waals surface area (Å²) in [6.07, 6.45) is 2.67. The minimum absolute atomic E-state index is 0.0307. The third-order valence-corrected chi connectivity index (χ3v) is 4.48. The van der Waals surface area contributed by atoms with E-state index in [1.54, 1.807) is 23.1 Å². The third-order valence-electron chi connectivity index (χ3n) is 4.19. The lowest BCUT2D eigenvalue weighted by molar-refractivity contribution is 0.0637. The maximum Gasteiger partial charge on any atom is 0.257 e. The molecule has 1 saturated heterocycles. The van der Waals surface area contributed by atoms with Gasteiger partial charge in [-0.2, -0.15) is 0 Å². The van der Waals surface area contributed by atoms with Crippen LogP contribution >= 0.6 is 11.6 Å². The molecule has 6 heteroatoms. The van der Waals surface area contributed by atoms with Gasteiger partial charge in [-0.1, -0.05) is 17.7 Å². The van der Waals surface area contributed by atoms with Crippen LogP contribution in [0.5, 0.6) is 0 Å². The Hall–Kier alpha value is -1.85. The molecule has 0 spiro atoms. The van der Waals surface area contributed by atoms with Gasteiger partial charge in [0.2, 0.25) is 0 Å². The number of nitrogens with zero attached hydrogens (tertiary/aromatic N) is 1. The molecule has 1 aliphatic rings. The number of aliphatic hydroxyl groups is 1. The van der Waals surface area contributed by atoms with Crippen molar-refractivity contribution >= 4 is 17.5 Å². The Morgan fingerprint density at radius 2 is 2.26 bits per heavy atom. The molecule has 0 saturated carbocycles. The lowest BCUT2D eigenvalue weighted by Crippen LogP contribution is -2.37. The maximum absolute atomic E-state index is 14.1. The van der Waals surface area contributed by atoms with Crippen LogP contribution in [0.15, 0.2) is 41.0 Å². The molecular formula is C17H17ClFNO3. The topological polar surface area (TPSA) is 53.7 Å². The van der Waals surface area contributed by atoms with E-state index in [0.717, 1.165) is 12.8 Å². The molecule has 1 fully saturated rings. The number of hydrogen-bond donors (Lipinski definition) is 1. The van der Waals surface area contributed by atoms with Crippen molar-refractivity contribution in [1.82, 2.24) is 4.90 Å². The van der Waals surface area contributed by atoms with Gasteiger partial charge >= 0.3 is 0 Å². The molecule has 2 heterocycles. The van der Waals surface area contributed by atoms with Gasteiger partial charge in [-0.25, -0.2) is 4.39 Å². The van der Waals surface area contributed by atoms with Crippen LogP contribution in [-0.2, 0) is 0 Å². The number of amides is 1. The molecule has 2 atom stereocenters. The molecule has 0 radical (unpaired) electrons. The fraction of sp³-hybridized carbons (Fsp3) is 0.353. The van der Waals surface area contributed by atoms with Gasteiger partial charge in [-0.15, -0.1) is 0 Å². The standard InChI is InChI=1S/C17H17ClFNO3/c18-13-6-1-5-12(16(13)19)17(22)20-8-2-4-11(20)10-14(21)15-7-3-9-23-15/h1,3,5-7,9,11,14,21H,2,4,8,10H2. The van der Waals surface area contributed by atoms with Crippen LogP contribution in [0.25, 0.3) is 0 Å². The number of rotatable bonds is 4. The highest BCUT2D eigenvalue weighted by Crippen LogP contribution is 2.30. The predicted octanol–water partition coefficient (Wildman–Crippen LogP) is 3.80. The number of carbonyl (C=O) groups excluding carboxylic acids is 1. The van der Waals surface area contributed by atoms with Crippen molar-refractivity contribution in [3.63, 3.8) is 0 Å². The Labute approximate surface area is 138 Å². The first-order valence-corrected chi connectivity index (χ1v) is 7.92. The van der Waals surface area contributed by atoms with Gasteiger partial charge in [0, 0.05) is 19.0 Å². The molecule has 1 N–H and O–H groups in total. The van der Waals surface area contributed by atoms with E-state index in [4.69, 9.17) is 16.0 Å². The van der Waals surface area contributed by atoms with Gasteiger partial charge in [-0.05, 0) is 37.1 Å². The molecule has 122 valence electrons. The number of hydrogen-bond acceptors (Lipinski definition) is 3. The second-order valence-corrected chi connectivity index (χ2v) is 6.07. The van der Waals surface area contributed by atoms with Gasteiger partial charge in [0.1, 0.15) is 11.9 Å². The Kier molecular flexibility index (Phi) is 4.68. The SMILES string of the molecule is O=C(c1cccc(Cl)c1F)N1CCCC1CC(O)c1ccco1. The number of benzene rings is 1. The van der Waals surface area contributed by atoms with Crippen molar-refractivity contribution in [3.05, 3.63) is 58.8 Å². The lowest BCUT2D eigenvalue weighted by atomic mass is 10.0. The van der Waals surface area contributed by atoms with E-state index in [-0.39, 0.29) is 22.5 Å². The van der Waals surface area contributed by atoms with Crippen LogP contribution in [-0.4, -0.2) is 28.5 Å². The summed E-state index contributed by atoms with van der Waals surface area (Å²) in [5, 5.41) is 10.1. The number of halogens is 2. The summed E-state index contributed by atoms with van der Waals surface area (Å²) in [6.45, 7) is 0.542. The highest BCUT2D eigenvalue weighted by molar-refractivity contribution is 6.31. The number of carbonyl (C=O) groups is 1. The minimum Gasteiger partial charge on any atom is -0.467 e. The van der Waals surface area contributed by atoms with E-state index in [1.807, 2.05) is 0 Å². The first-order chi connectivity index (χ1) is 11.1. The van der Waals surface area contributed by atoms with Crippen LogP contribution < -0.4 is 0 Å². The van der Waals surface area contributed by atoms with Crippen molar-refractivity contribution in [2.24, 2.45) is 0 Å². The molecule has 0 aliphatic carbocycles. The van der Waals surface area contributed by atoms with E-state index in [1.165, 1.54) is 18.4 Å². The second-order valence-electron chi connectivity index (χ2n) is 5.66. The quantitative estimate of drug-likeness (QED) is 0.923. The Morgan fingerprint density at radius 3 is 3.00 bits per heavy atom. The highest BCUT2D eigenvalue weighted by Gasteiger charge is 2.33. The fourth-order valence-electron chi connectivity index (χ4n) is 3.03. The molecule has 2 aromatic rings. The van der Waals surface area contributed by atoms with Crippen LogP contribution in [0.3, 0.4) is 0 Å². The molecule has 0 bridgehead atoms. The largest absolute Gasteiger partial charge is 0.467 e. The van der Waals surface area contributed by atoms with Crippen LogP contribution in [0.2, 0.25) is 5.02 Å². The minimum atomic E-state index is -0.785. The number of furan rings is 1. The van der Waals surface area contributed by atoms with Gasteiger partial charge in [0.05, 0.1) is 16.8 Å². The average molecular weight is 338 g/mol. The van der Waals surface area contributed by atoms with E-state index < -0.39 is 11.9 Å². The summed E-state index contributed by atoms with van der Waals surface area (Å²) in [6, 6.07) is 7.65. The molecule has 1 aliphatic heterocycles. The Morgan fingerprint density at radius 1 is 1.43 bits per heavy atom. The second kappa shape index (κ2) is 6.72. The molecule has 1 aromatic carbocycles. The zero-order valence-corrected chi connectivity index (χ0v) is 13.2. The summed E-state index contributed by atoms with van der Waals surface area (Å²) in [4.78, 5) is 14.2.